The van der Waals surface area contributed by atoms with Crippen molar-refractivity contribution in [2.24, 2.45) is 11.8 Å². The topological polar surface area (TPSA) is 69.6 Å². The van der Waals surface area contributed by atoms with E-state index in [4.69, 9.17) is 5.11 Å². The van der Waals surface area contributed by atoms with E-state index in [-0.39, 0.29) is 18.5 Å². The van der Waals surface area contributed by atoms with E-state index in [0.717, 1.165) is 12.3 Å². The molecule has 0 aromatic heterocycles. The van der Waals surface area contributed by atoms with Gasteiger partial charge in [-0.3, -0.25) is 4.79 Å². The van der Waals surface area contributed by atoms with Crippen LogP contribution in [-0.2, 0) is 4.79 Å². The van der Waals surface area contributed by atoms with Gasteiger partial charge in [-0.15, -0.1) is 0 Å². The summed E-state index contributed by atoms with van der Waals surface area (Å²) in [5, 5.41) is 11.7. The number of rotatable bonds is 7. The van der Waals surface area contributed by atoms with E-state index in [1.54, 1.807) is 0 Å². The molecule has 110 valence electrons. The largest absolute Gasteiger partial charge is 0.480 e. The van der Waals surface area contributed by atoms with Gasteiger partial charge in [0.1, 0.15) is 6.54 Å². The second-order valence-electron chi connectivity index (χ2n) is 5.84. The first-order valence-electron chi connectivity index (χ1n) is 7.23. The first kappa shape index (κ1) is 15.8. The average molecular weight is 270 g/mol. The number of urea groups is 1. The van der Waals surface area contributed by atoms with Crippen LogP contribution in [0.1, 0.15) is 46.0 Å². The highest BCUT2D eigenvalue weighted by molar-refractivity contribution is 5.80. The van der Waals surface area contributed by atoms with Gasteiger partial charge in [0, 0.05) is 13.1 Å². The minimum absolute atomic E-state index is 0.229. The average Bonchev–Trinajstić information content (AvgIpc) is 2.79. The zero-order valence-corrected chi connectivity index (χ0v) is 12.0. The number of amides is 2. The molecule has 19 heavy (non-hydrogen) atoms. The van der Waals surface area contributed by atoms with Crippen molar-refractivity contribution in [3.05, 3.63) is 0 Å². The van der Waals surface area contributed by atoms with Crippen molar-refractivity contribution in [2.75, 3.05) is 19.6 Å². The van der Waals surface area contributed by atoms with Crippen molar-refractivity contribution in [2.45, 2.75) is 46.0 Å². The molecule has 1 fully saturated rings. The van der Waals surface area contributed by atoms with E-state index in [2.05, 4.69) is 5.32 Å². The van der Waals surface area contributed by atoms with E-state index in [1.807, 2.05) is 13.8 Å². The monoisotopic (exact) mass is 270 g/mol. The molecule has 0 aromatic rings. The lowest BCUT2D eigenvalue weighted by atomic mass is 10.0. The van der Waals surface area contributed by atoms with Crippen molar-refractivity contribution < 1.29 is 14.7 Å². The quantitative estimate of drug-likeness (QED) is 0.746. The molecule has 5 nitrogen and oxygen atoms in total. The van der Waals surface area contributed by atoms with Crippen LogP contribution in [0.25, 0.3) is 0 Å². The maximum Gasteiger partial charge on any atom is 0.323 e. The van der Waals surface area contributed by atoms with Crippen LogP contribution in [0.2, 0.25) is 0 Å². The second-order valence-corrected chi connectivity index (χ2v) is 5.84. The molecular formula is C14H26N2O3. The highest BCUT2D eigenvalue weighted by Gasteiger charge is 2.19. The summed E-state index contributed by atoms with van der Waals surface area (Å²) in [6, 6.07) is -0.255. The van der Waals surface area contributed by atoms with Gasteiger partial charge in [-0.25, -0.2) is 4.79 Å². The van der Waals surface area contributed by atoms with Crippen molar-refractivity contribution in [1.29, 1.82) is 0 Å². The van der Waals surface area contributed by atoms with Crippen LogP contribution in [0.5, 0.6) is 0 Å². The van der Waals surface area contributed by atoms with Crippen molar-refractivity contribution in [3.63, 3.8) is 0 Å². The van der Waals surface area contributed by atoms with Gasteiger partial charge in [0.2, 0.25) is 0 Å². The SMILES string of the molecule is CC(C)CN(CC(=O)O)C(=O)NCCC1CCCC1. The number of carbonyl (C=O) groups excluding carboxylic acids is 1. The van der Waals surface area contributed by atoms with Gasteiger partial charge < -0.3 is 15.3 Å². The van der Waals surface area contributed by atoms with Crippen LogP contribution < -0.4 is 5.32 Å². The molecule has 0 aromatic carbocycles. The standard InChI is InChI=1S/C14H26N2O3/c1-11(2)9-16(10-13(17)18)14(19)15-8-7-12-5-3-4-6-12/h11-12H,3-10H2,1-2H3,(H,15,19)(H,17,18). The molecule has 0 spiro atoms. The molecule has 0 radical (unpaired) electrons. The van der Waals surface area contributed by atoms with E-state index >= 15 is 0 Å². The highest BCUT2D eigenvalue weighted by Crippen LogP contribution is 2.26. The third kappa shape index (κ3) is 6.45. The Labute approximate surface area is 115 Å². The molecule has 2 N–H and O–H groups in total. The maximum absolute atomic E-state index is 11.9. The fourth-order valence-electron chi connectivity index (χ4n) is 2.62. The second kappa shape index (κ2) is 8.02. The Kier molecular flexibility index (Phi) is 6.67. The molecular weight excluding hydrogens is 244 g/mol. The molecule has 0 aliphatic heterocycles. The molecule has 0 unspecified atom stereocenters. The number of hydrogen-bond donors (Lipinski definition) is 2. The highest BCUT2D eigenvalue weighted by atomic mass is 16.4. The maximum atomic E-state index is 11.9. The lowest BCUT2D eigenvalue weighted by molar-refractivity contribution is -0.137. The zero-order valence-electron chi connectivity index (χ0n) is 12.0. The van der Waals surface area contributed by atoms with E-state index in [9.17, 15) is 9.59 Å². The fraction of sp³-hybridized carbons (Fsp3) is 0.857. The Hall–Kier alpha value is -1.26. The van der Waals surface area contributed by atoms with Crippen LogP contribution in [0.4, 0.5) is 4.79 Å². The minimum atomic E-state index is -0.966. The van der Waals surface area contributed by atoms with Gasteiger partial charge in [-0.2, -0.15) is 0 Å². The predicted octanol–water partition coefficient (Wildman–Crippen LogP) is 2.32. The normalized spacial score (nSPS) is 15.7. The Morgan fingerprint density at radius 3 is 2.47 bits per heavy atom. The van der Waals surface area contributed by atoms with E-state index < -0.39 is 5.97 Å². The van der Waals surface area contributed by atoms with Crippen molar-refractivity contribution in [1.82, 2.24) is 10.2 Å². The predicted molar refractivity (Wildman–Crippen MR) is 74.0 cm³/mol. The fourth-order valence-corrected chi connectivity index (χ4v) is 2.62. The molecule has 1 rings (SSSR count). The third-order valence-corrected chi connectivity index (χ3v) is 3.50. The molecule has 2 amide bonds. The molecule has 1 aliphatic rings. The summed E-state index contributed by atoms with van der Waals surface area (Å²) in [7, 11) is 0. The number of aliphatic carboxylic acids is 1. The molecule has 0 atom stereocenters. The molecule has 1 saturated carbocycles. The van der Waals surface area contributed by atoms with Crippen molar-refractivity contribution >= 4 is 12.0 Å². The lowest BCUT2D eigenvalue weighted by Crippen LogP contribution is -2.44. The summed E-state index contributed by atoms with van der Waals surface area (Å²) < 4.78 is 0. The molecule has 5 heteroatoms. The van der Waals surface area contributed by atoms with Gasteiger partial charge in [0.05, 0.1) is 0 Å². The molecule has 0 saturated heterocycles. The first-order chi connectivity index (χ1) is 8.99. The number of carboxylic acid groups (broad SMARTS) is 1. The Morgan fingerprint density at radius 2 is 1.95 bits per heavy atom. The summed E-state index contributed by atoms with van der Waals surface area (Å²) in [5.41, 5.74) is 0. The van der Waals surface area contributed by atoms with Gasteiger partial charge in [-0.05, 0) is 18.3 Å². The first-order valence-corrected chi connectivity index (χ1v) is 7.23. The van der Waals surface area contributed by atoms with Crippen LogP contribution in [-0.4, -0.2) is 41.6 Å². The summed E-state index contributed by atoms with van der Waals surface area (Å²) in [6.07, 6.45) is 6.14. The Balaban J connectivity index is 2.31. The Bertz CT molecular complexity index is 299. The molecule has 1 aliphatic carbocycles. The van der Waals surface area contributed by atoms with E-state index in [1.165, 1.54) is 30.6 Å². The van der Waals surface area contributed by atoms with Gasteiger partial charge in [0.15, 0.2) is 0 Å². The number of carbonyl (C=O) groups is 2. The number of hydrogen-bond acceptors (Lipinski definition) is 2. The van der Waals surface area contributed by atoms with Crippen LogP contribution in [0, 0.1) is 11.8 Å². The van der Waals surface area contributed by atoms with Crippen LogP contribution in [0.15, 0.2) is 0 Å². The summed E-state index contributed by atoms with van der Waals surface area (Å²) in [4.78, 5) is 24.1. The lowest BCUT2D eigenvalue weighted by Gasteiger charge is -2.23. The smallest absolute Gasteiger partial charge is 0.323 e. The van der Waals surface area contributed by atoms with Crippen molar-refractivity contribution in [3.8, 4) is 0 Å². The summed E-state index contributed by atoms with van der Waals surface area (Å²) >= 11 is 0. The van der Waals surface area contributed by atoms with Gasteiger partial charge in [-0.1, -0.05) is 39.5 Å². The molecule has 0 bridgehead atoms. The summed E-state index contributed by atoms with van der Waals surface area (Å²) in [6.45, 7) is 4.84. The number of nitrogens with one attached hydrogen (secondary N) is 1. The molecule has 0 heterocycles. The third-order valence-electron chi connectivity index (χ3n) is 3.50. The van der Waals surface area contributed by atoms with Gasteiger partial charge in [0.25, 0.3) is 0 Å². The zero-order chi connectivity index (χ0) is 14.3. The number of carboxylic acids is 1. The summed E-state index contributed by atoms with van der Waals surface area (Å²) in [5.74, 6) is 0.0323. The van der Waals surface area contributed by atoms with Gasteiger partial charge >= 0.3 is 12.0 Å². The Morgan fingerprint density at radius 1 is 1.32 bits per heavy atom. The minimum Gasteiger partial charge on any atom is -0.480 e. The van der Waals surface area contributed by atoms with Crippen LogP contribution >= 0.6 is 0 Å². The van der Waals surface area contributed by atoms with E-state index in [0.29, 0.717) is 13.1 Å². The van der Waals surface area contributed by atoms with Crippen LogP contribution in [0.3, 0.4) is 0 Å². The number of nitrogens with zero attached hydrogens (tertiary/aromatic N) is 1.